The lowest BCUT2D eigenvalue weighted by atomic mass is 9.78. The van der Waals surface area contributed by atoms with E-state index in [0.29, 0.717) is 0 Å². The number of halogens is 1. The number of rotatable bonds is 4. The zero-order valence-corrected chi connectivity index (χ0v) is 15.8. The Kier molecular flexibility index (Phi) is 5.01. The molecule has 6 nitrogen and oxygen atoms in total. The van der Waals surface area contributed by atoms with Crippen molar-refractivity contribution in [3.05, 3.63) is 28.1 Å². The van der Waals surface area contributed by atoms with Crippen LogP contribution in [0.5, 0.6) is 0 Å². The molecule has 142 valence electrons. The maximum atomic E-state index is 14.8. The Morgan fingerprint density at radius 3 is 2.27 bits per heavy atom. The van der Waals surface area contributed by atoms with Gasteiger partial charge in [-0.25, -0.2) is 4.39 Å². The summed E-state index contributed by atoms with van der Waals surface area (Å²) in [7, 11) is -0.970. The number of hydrogen-bond donors (Lipinski definition) is 1. The van der Waals surface area contributed by atoms with Crippen LogP contribution >= 0.6 is 0 Å². The predicted octanol–water partition coefficient (Wildman–Crippen LogP) is 3.78. The molecule has 1 heterocycles. The summed E-state index contributed by atoms with van der Waals surface area (Å²) in [5.41, 5.74) is -1.15. The molecular weight excluding hydrogens is 338 g/mol. The first kappa shape index (κ1) is 19.1. The molecule has 1 N–H and O–H groups in total. The number of nitrogens with one attached hydrogen (secondary N) is 1. The number of benzene rings is 1. The summed E-state index contributed by atoms with van der Waals surface area (Å²) in [4.78, 5) is 11.1. The van der Waals surface area contributed by atoms with E-state index in [-0.39, 0.29) is 22.9 Å². The molecule has 0 unspecified atom stereocenters. The van der Waals surface area contributed by atoms with Crippen molar-refractivity contribution < 1.29 is 18.6 Å². The molecule has 1 aliphatic heterocycles. The molecule has 3 rings (SSSR count). The third kappa shape index (κ3) is 3.57. The molecule has 1 aromatic rings. The van der Waals surface area contributed by atoms with Gasteiger partial charge >= 0.3 is 7.12 Å². The SMILES string of the molecule is CC1(C)OB(c2cc([N+](=O)[O-])c(NC3CCCCC3)cc2F)OC1(C)C. The molecule has 0 spiro atoms. The van der Waals surface area contributed by atoms with Crippen LogP contribution < -0.4 is 10.8 Å². The highest BCUT2D eigenvalue weighted by molar-refractivity contribution is 6.62. The third-order valence-corrected chi connectivity index (χ3v) is 5.78. The van der Waals surface area contributed by atoms with E-state index in [0.717, 1.165) is 25.7 Å². The summed E-state index contributed by atoms with van der Waals surface area (Å²) in [6.07, 6.45) is 5.23. The van der Waals surface area contributed by atoms with Crippen LogP contribution in [-0.4, -0.2) is 29.3 Å². The van der Waals surface area contributed by atoms with Crippen LogP contribution in [-0.2, 0) is 9.31 Å². The van der Waals surface area contributed by atoms with Crippen molar-refractivity contribution in [3.63, 3.8) is 0 Å². The molecule has 0 aromatic heterocycles. The van der Waals surface area contributed by atoms with Crippen molar-refractivity contribution in [2.24, 2.45) is 0 Å². The standard InChI is InChI=1S/C18H26BFN2O4/c1-17(2)18(3,4)26-19(25-17)13-10-16(22(23)24)15(11-14(13)20)21-12-8-6-5-7-9-12/h10-12,21H,5-9H2,1-4H3. The predicted molar refractivity (Wildman–Crippen MR) is 99.3 cm³/mol. The maximum absolute atomic E-state index is 14.8. The molecule has 8 heteroatoms. The Hall–Kier alpha value is -1.67. The van der Waals surface area contributed by atoms with Gasteiger partial charge in [0.15, 0.2) is 0 Å². The molecule has 0 radical (unpaired) electrons. The van der Waals surface area contributed by atoms with E-state index in [1.807, 2.05) is 27.7 Å². The molecule has 1 saturated carbocycles. The molecule has 2 aliphatic rings. The number of nitrogens with zero attached hydrogens (tertiary/aromatic N) is 1. The van der Waals surface area contributed by atoms with Crippen LogP contribution in [0.25, 0.3) is 0 Å². The molecule has 2 fully saturated rings. The first-order valence-electron chi connectivity index (χ1n) is 9.21. The molecule has 0 amide bonds. The summed E-state index contributed by atoms with van der Waals surface area (Å²) >= 11 is 0. The topological polar surface area (TPSA) is 73.6 Å². The van der Waals surface area contributed by atoms with Gasteiger partial charge in [0.1, 0.15) is 11.5 Å². The molecule has 1 saturated heterocycles. The molecule has 1 aromatic carbocycles. The fourth-order valence-electron chi connectivity index (χ4n) is 3.46. The Morgan fingerprint density at radius 2 is 1.73 bits per heavy atom. The molecule has 0 atom stereocenters. The fourth-order valence-corrected chi connectivity index (χ4v) is 3.46. The second kappa shape index (κ2) is 6.81. The van der Waals surface area contributed by atoms with Crippen LogP contribution in [0.15, 0.2) is 12.1 Å². The highest BCUT2D eigenvalue weighted by Gasteiger charge is 2.52. The monoisotopic (exact) mass is 364 g/mol. The van der Waals surface area contributed by atoms with Gasteiger partial charge in [-0.15, -0.1) is 0 Å². The van der Waals surface area contributed by atoms with Gasteiger partial charge in [-0.05, 0) is 40.5 Å². The van der Waals surface area contributed by atoms with Crippen LogP contribution in [0.2, 0.25) is 0 Å². The van der Waals surface area contributed by atoms with Crippen LogP contribution in [0.4, 0.5) is 15.8 Å². The van der Waals surface area contributed by atoms with Gasteiger partial charge in [-0.1, -0.05) is 19.3 Å². The van der Waals surface area contributed by atoms with E-state index < -0.39 is 29.1 Å². The lowest BCUT2D eigenvalue weighted by Crippen LogP contribution is -2.41. The van der Waals surface area contributed by atoms with Crippen LogP contribution in [0.3, 0.4) is 0 Å². The van der Waals surface area contributed by atoms with Gasteiger partial charge in [-0.3, -0.25) is 10.1 Å². The zero-order valence-electron chi connectivity index (χ0n) is 15.8. The minimum Gasteiger partial charge on any atom is -0.399 e. The first-order chi connectivity index (χ1) is 12.1. The van der Waals surface area contributed by atoms with E-state index in [9.17, 15) is 14.5 Å². The van der Waals surface area contributed by atoms with Gasteiger partial charge < -0.3 is 14.6 Å². The normalized spacial score (nSPS) is 22.4. The minimum absolute atomic E-state index is 0.0598. The largest absolute Gasteiger partial charge is 0.498 e. The zero-order chi connectivity index (χ0) is 19.1. The lowest BCUT2D eigenvalue weighted by molar-refractivity contribution is -0.383. The van der Waals surface area contributed by atoms with Crippen molar-refractivity contribution in [1.29, 1.82) is 0 Å². The van der Waals surface area contributed by atoms with Crippen LogP contribution in [0, 0.1) is 15.9 Å². The lowest BCUT2D eigenvalue weighted by Gasteiger charge is -2.32. The molecule has 1 aliphatic carbocycles. The number of anilines is 1. The molecule has 26 heavy (non-hydrogen) atoms. The summed E-state index contributed by atoms with van der Waals surface area (Å²) in [5, 5.41) is 14.7. The Labute approximate surface area is 153 Å². The average molecular weight is 364 g/mol. The van der Waals surface area contributed by atoms with Gasteiger partial charge in [0.2, 0.25) is 0 Å². The van der Waals surface area contributed by atoms with Gasteiger partial charge in [0.25, 0.3) is 5.69 Å². The molecular formula is C18H26BFN2O4. The van der Waals surface area contributed by atoms with Crippen molar-refractivity contribution in [3.8, 4) is 0 Å². The van der Waals surface area contributed by atoms with Crippen LogP contribution in [0.1, 0.15) is 59.8 Å². The van der Waals surface area contributed by atoms with E-state index in [1.165, 1.54) is 18.6 Å². The number of hydrogen-bond acceptors (Lipinski definition) is 5. The highest BCUT2D eigenvalue weighted by atomic mass is 19.1. The fraction of sp³-hybridized carbons (Fsp3) is 0.667. The average Bonchev–Trinajstić information content (AvgIpc) is 2.76. The van der Waals surface area contributed by atoms with E-state index in [2.05, 4.69) is 5.32 Å². The number of nitro groups is 1. The van der Waals surface area contributed by atoms with Crippen molar-refractivity contribution in [2.45, 2.75) is 77.0 Å². The second-order valence-corrected chi connectivity index (χ2v) is 8.22. The second-order valence-electron chi connectivity index (χ2n) is 8.22. The maximum Gasteiger partial charge on any atom is 0.498 e. The quantitative estimate of drug-likeness (QED) is 0.500. The summed E-state index contributed by atoms with van der Waals surface area (Å²) in [6.45, 7) is 7.44. The highest BCUT2D eigenvalue weighted by Crippen LogP contribution is 2.37. The van der Waals surface area contributed by atoms with Crippen molar-refractivity contribution >= 4 is 24.0 Å². The first-order valence-corrected chi connectivity index (χ1v) is 9.21. The van der Waals surface area contributed by atoms with E-state index in [1.54, 1.807) is 0 Å². The van der Waals surface area contributed by atoms with Crippen molar-refractivity contribution in [1.82, 2.24) is 0 Å². The van der Waals surface area contributed by atoms with E-state index >= 15 is 0 Å². The van der Waals surface area contributed by atoms with Gasteiger partial charge in [0.05, 0.1) is 16.1 Å². The Balaban J connectivity index is 1.91. The summed E-state index contributed by atoms with van der Waals surface area (Å²) in [5.74, 6) is -0.563. The van der Waals surface area contributed by atoms with Crippen molar-refractivity contribution in [2.75, 3.05) is 5.32 Å². The van der Waals surface area contributed by atoms with Gasteiger partial charge in [-0.2, -0.15) is 0 Å². The Bertz CT molecular complexity index is 689. The minimum atomic E-state index is -0.970. The summed E-state index contributed by atoms with van der Waals surface area (Å²) < 4.78 is 26.5. The van der Waals surface area contributed by atoms with Gasteiger partial charge in [0, 0.05) is 23.6 Å². The summed E-state index contributed by atoms with van der Waals surface area (Å²) in [6, 6.07) is 2.58. The third-order valence-electron chi connectivity index (χ3n) is 5.78. The Morgan fingerprint density at radius 1 is 1.15 bits per heavy atom. The molecule has 0 bridgehead atoms. The van der Waals surface area contributed by atoms with E-state index in [4.69, 9.17) is 9.31 Å². The smallest absolute Gasteiger partial charge is 0.399 e. The number of nitro benzene ring substituents is 1.